The molecule has 14 aromatic carbocycles. The molecule has 0 spiro atoms. The van der Waals surface area contributed by atoms with Crippen LogP contribution in [0.1, 0.15) is 55.6 Å². The number of hydrogen-bond donors (Lipinski definition) is 0. The molecular formula is C90H58F4N2S. The Morgan fingerprint density at radius 1 is 0.268 bits per heavy atom. The van der Waals surface area contributed by atoms with Crippen molar-refractivity contribution < 1.29 is 17.6 Å². The maximum Gasteiger partial charge on any atom is 0.123 e. The molecule has 17 rings (SSSR count). The number of rotatable bonds is 14. The molecule has 0 amide bonds. The van der Waals surface area contributed by atoms with Crippen LogP contribution in [0.4, 0.5) is 51.7 Å². The van der Waals surface area contributed by atoms with E-state index in [9.17, 15) is 0 Å². The van der Waals surface area contributed by atoms with Gasteiger partial charge < -0.3 is 9.80 Å². The van der Waals surface area contributed by atoms with Crippen LogP contribution in [-0.4, -0.2) is 0 Å². The fourth-order valence-corrected chi connectivity index (χ4v) is 16.5. The van der Waals surface area contributed by atoms with Crippen LogP contribution < -0.4 is 9.80 Å². The zero-order chi connectivity index (χ0) is 65.5. The monoisotopic (exact) mass is 1270 g/mol. The van der Waals surface area contributed by atoms with Gasteiger partial charge >= 0.3 is 0 Å². The van der Waals surface area contributed by atoms with Crippen LogP contribution in [0.15, 0.2) is 329 Å². The Morgan fingerprint density at radius 3 is 0.897 bits per heavy atom. The molecule has 2 unspecified atom stereocenters. The molecule has 7 heteroatoms. The number of halogens is 4. The summed E-state index contributed by atoms with van der Waals surface area (Å²) >= 11 is 1.68. The van der Waals surface area contributed by atoms with Crippen LogP contribution in [0.25, 0.3) is 76.8 Å². The topological polar surface area (TPSA) is 6.48 Å². The number of nitrogens with zero attached hydrogens (tertiary/aromatic N) is 2. The van der Waals surface area contributed by atoms with Crippen molar-refractivity contribution in [2.75, 3.05) is 9.80 Å². The minimum absolute atomic E-state index is 0.319. The fourth-order valence-electron chi connectivity index (χ4n) is 15.3. The average molecular weight is 1280 g/mol. The molecule has 0 saturated carbocycles. The van der Waals surface area contributed by atoms with Crippen LogP contribution in [-0.2, 0) is 10.8 Å². The molecule has 2 nitrogen and oxygen atoms in total. The van der Waals surface area contributed by atoms with Gasteiger partial charge in [-0.15, -0.1) is 11.3 Å². The molecule has 0 bridgehead atoms. The third kappa shape index (κ3) is 9.67. The molecule has 2 atom stereocenters. The Bertz CT molecular complexity index is 5220. The molecule has 2 aliphatic carbocycles. The first-order valence-electron chi connectivity index (χ1n) is 32.3. The summed E-state index contributed by atoms with van der Waals surface area (Å²) in [6, 6.07) is 105. The molecule has 0 saturated heterocycles. The van der Waals surface area contributed by atoms with Crippen molar-refractivity contribution in [3.05, 3.63) is 408 Å². The summed E-state index contributed by atoms with van der Waals surface area (Å²) in [5.41, 5.74) is 22.1. The lowest BCUT2D eigenvalue weighted by atomic mass is 9.67. The van der Waals surface area contributed by atoms with Gasteiger partial charge in [-0.1, -0.05) is 219 Å². The van der Waals surface area contributed by atoms with Crippen molar-refractivity contribution in [3.63, 3.8) is 0 Å². The summed E-state index contributed by atoms with van der Waals surface area (Å²) in [5.74, 6) is -1.33. The molecule has 0 radical (unpaired) electrons. The lowest BCUT2D eigenvalue weighted by Gasteiger charge is -2.35. The first-order valence-corrected chi connectivity index (χ1v) is 33.1. The number of anilines is 6. The minimum atomic E-state index is -0.868. The minimum Gasteiger partial charge on any atom is -0.310 e. The van der Waals surface area contributed by atoms with Gasteiger partial charge in [0.25, 0.3) is 0 Å². The van der Waals surface area contributed by atoms with Crippen LogP contribution >= 0.6 is 11.3 Å². The third-order valence-electron chi connectivity index (χ3n) is 19.8. The molecule has 15 aromatic rings. The fraction of sp³-hybridized carbons (Fsp3) is 0.0222. The highest BCUT2D eigenvalue weighted by atomic mass is 32.1. The summed E-state index contributed by atoms with van der Waals surface area (Å²) < 4.78 is 62.6. The van der Waals surface area contributed by atoms with Gasteiger partial charge in [-0.25, -0.2) is 17.6 Å². The van der Waals surface area contributed by atoms with Gasteiger partial charge in [0.05, 0.1) is 10.8 Å². The van der Waals surface area contributed by atoms with E-state index in [0.717, 1.165) is 154 Å². The molecule has 1 aromatic heterocycles. The van der Waals surface area contributed by atoms with E-state index in [-0.39, 0.29) is 23.3 Å². The van der Waals surface area contributed by atoms with Crippen molar-refractivity contribution >= 4 is 77.8 Å². The quantitative estimate of drug-likeness (QED) is 0.100. The third-order valence-corrected chi connectivity index (χ3v) is 21.0. The highest BCUT2D eigenvalue weighted by Gasteiger charge is 2.48. The summed E-state index contributed by atoms with van der Waals surface area (Å²) in [5, 5.41) is 2.14. The molecule has 0 fully saturated rings. The molecule has 2 aliphatic rings. The summed E-state index contributed by atoms with van der Waals surface area (Å²) in [7, 11) is 0. The van der Waals surface area contributed by atoms with E-state index < -0.39 is 10.8 Å². The van der Waals surface area contributed by atoms with Crippen molar-refractivity contribution in [1.82, 2.24) is 0 Å². The van der Waals surface area contributed by atoms with Crippen molar-refractivity contribution in [2.45, 2.75) is 10.8 Å². The second kappa shape index (κ2) is 23.5. The highest BCUT2D eigenvalue weighted by molar-refractivity contribution is 7.25. The number of benzene rings is 14. The van der Waals surface area contributed by atoms with Crippen LogP contribution in [0.3, 0.4) is 0 Å². The maximum absolute atomic E-state index is 15.2. The lowest BCUT2D eigenvalue weighted by molar-refractivity contribution is 0.624. The van der Waals surface area contributed by atoms with Crippen LogP contribution in [0, 0.1) is 23.3 Å². The molecule has 0 aliphatic heterocycles. The van der Waals surface area contributed by atoms with Gasteiger partial charge in [0.1, 0.15) is 23.3 Å². The van der Waals surface area contributed by atoms with Crippen LogP contribution in [0.5, 0.6) is 0 Å². The van der Waals surface area contributed by atoms with E-state index >= 15 is 17.6 Å². The Hall–Kier alpha value is -11.9. The van der Waals surface area contributed by atoms with Gasteiger partial charge in [0.15, 0.2) is 0 Å². The summed E-state index contributed by atoms with van der Waals surface area (Å²) in [6.45, 7) is 7.89. The van der Waals surface area contributed by atoms with Gasteiger partial charge in [-0.05, 0) is 221 Å². The van der Waals surface area contributed by atoms with E-state index in [4.69, 9.17) is 0 Å². The number of fused-ring (bicyclic) bond motifs is 9. The van der Waals surface area contributed by atoms with Gasteiger partial charge in [-0.3, -0.25) is 0 Å². The average Bonchev–Trinajstić information content (AvgIpc) is 1.58. The molecule has 0 N–H and O–H groups in total. The Morgan fingerprint density at radius 2 is 0.546 bits per heavy atom. The van der Waals surface area contributed by atoms with Gasteiger partial charge in [0.2, 0.25) is 0 Å². The smallest absolute Gasteiger partial charge is 0.123 e. The Kier molecular flexibility index (Phi) is 14.3. The number of thiophene rings is 1. The number of hydrogen-bond acceptors (Lipinski definition) is 3. The zero-order valence-corrected chi connectivity index (χ0v) is 53.2. The SMILES string of the molecule is C=Cc1ccc(-c2ccc(C3(c4ccc(F)cc4)c4ccccc4-c4ccc(N(c5ccc(F)cc5)c5ccc6c(c5)sc5cc(N(c7ccc(F)cc7)c7ccc8c(c7)C(c7ccc(F)cc7)(c7ccc(-c9ccc(C=C)cc9)cc7)c7ccccc7-8)ccc56)cc43)cc2)cc1. The first kappa shape index (κ1) is 58.9. The zero-order valence-electron chi connectivity index (χ0n) is 52.4. The van der Waals surface area contributed by atoms with Crippen molar-refractivity contribution in [1.29, 1.82) is 0 Å². The molecule has 462 valence electrons. The predicted octanol–water partition coefficient (Wildman–Crippen LogP) is 24.9. The van der Waals surface area contributed by atoms with E-state index in [1.54, 1.807) is 35.6 Å². The predicted molar refractivity (Wildman–Crippen MR) is 394 cm³/mol. The molecule has 1 heterocycles. The standard InChI is InChI=1S/C90H58F4N2S/c1-3-57-13-17-59(18-14-57)61-21-25-63(26-22-61)89(65-29-33-67(91)34-30-65)83-11-7-5-9-77(83)79-49-45-73(53-85(79)89)95(71-41-37-69(93)38-42-71)75-47-51-81-82-52-48-76(56-88(82)97-87(81)55-75)96(72-43-39-70(94)40-44-72)74-46-50-80-78-10-6-8-12-84(78)90(86(80)54-74,66-31-35-68(92)36-32-66)64-27-23-62(24-28-64)60-19-15-58(4-2)16-20-60/h3-56H,1-2H2. The Labute approximate surface area is 564 Å². The molecular weight excluding hydrogens is 1220 g/mol. The summed E-state index contributed by atoms with van der Waals surface area (Å²) in [6.07, 6.45) is 3.68. The second-order valence-corrected chi connectivity index (χ2v) is 26.0. The van der Waals surface area contributed by atoms with Gasteiger partial charge in [-0.2, -0.15) is 0 Å². The Balaban J connectivity index is 0.797. The van der Waals surface area contributed by atoms with Crippen LogP contribution in [0.2, 0.25) is 0 Å². The largest absolute Gasteiger partial charge is 0.310 e. The van der Waals surface area contributed by atoms with Crippen molar-refractivity contribution in [3.8, 4) is 44.5 Å². The molecule has 97 heavy (non-hydrogen) atoms. The first-order chi connectivity index (χ1) is 47.6. The van der Waals surface area contributed by atoms with E-state index in [2.05, 4.69) is 241 Å². The van der Waals surface area contributed by atoms with E-state index in [1.165, 1.54) is 24.3 Å². The normalized spacial score (nSPS) is 15.0. The maximum atomic E-state index is 15.2. The lowest BCUT2D eigenvalue weighted by Crippen LogP contribution is -2.29. The second-order valence-electron chi connectivity index (χ2n) is 25.0. The van der Waals surface area contributed by atoms with E-state index in [1.807, 2.05) is 60.7 Å². The van der Waals surface area contributed by atoms with E-state index in [0.29, 0.717) is 0 Å². The van der Waals surface area contributed by atoms with Gasteiger partial charge in [0, 0.05) is 54.3 Å². The van der Waals surface area contributed by atoms with Crippen molar-refractivity contribution in [2.24, 2.45) is 0 Å². The summed E-state index contributed by atoms with van der Waals surface area (Å²) in [4.78, 5) is 4.38. The highest BCUT2D eigenvalue weighted by Crippen LogP contribution is 2.60.